The number of hydrogen-bond donors (Lipinski definition) is 1. The molecule has 1 nitrogen and oxygen atoms in total. The summed E-state index contributed by atoms with van der Waals surface area (Å²) in [6.45, 7) is 0. The van der Waals surface area contributed by atoms with Gasteiger partial charge in [0.1, 0.15) is 5.82 Å². The third-order valence-electron chi connectivity index (χ3n) is 1.84. The molecule has 62 valence electrons. The van der Waals surface area contributed by atoms with Crippen molar-refractivity contribution < 1.29 is 4.39 Å². The summed E-state index contributed by atoms with van der Waals surface area (Å²) in [6, 6.07) is 5.22. The SMILES string of the molecule is CSc1c(F)ccc2cc[nH]c12. The second kappa shape index (κ2) is 2.83. The minimum atomic E-state index is -0.155. The standard InChI is InChI=1S/C9H8FNS/c1-12-9-7(10)3-2-6-4-5-11-8(6)9/h2-5,11H,1H3. The molecule has 0 atom stereocenters. The molecule has 1 N–H and O–H groups in total. The van der Waals surface area contributed by atoms with E-state index in [1.54, 1.807) is 6.07 Å². The maximum atomic E-state index is 13.2. The quantitative estimate of drug-likeness (QED) is 0.668. The Morgan fingerprint density at radius 1 is 1.33 bits per heavy atom. The number of fused-ring (bicyclic) bond motifs is 1. The highest BCUT2D eigenvalue weighted by atomic mass is 32.2. The molecule has 0 bridgehead atoms. The number of benzene rings is 1. The van der Waals surface area contributed by atoms with Gasteiger partial charge in [-0.25, -0.2) is 4.39 Å². The van der Waals surface area contributed by atoms with Gasteiger partial charge >= 0.3 is 0 Å². The van der Waals surface area contributed by atoms with Crippen molar-refractivity contribution in [1.82, 2.24) is 4.98 Å². The lowest BCUT2D eigenvalue weighted by atomic mass is 10.2. The molecular weight excluding hydrogens is 173 g/mol. The van der Waals surface area contributed by atoms with Crippen LogP contribution in [0.2, 0.25) is 0 Å². The summed E-state index contributed by atoms with van der Waals surface area (Å²) >= 11 is 1.42. The normalized spacial score (nSPS) is 10.8. The monoisotopic (exact) mass is 181 g/mol. The number of aromatic nitrogens is 1. The summed E-state index contributed by atoms with van der Waals surface area (Å²) in [5.41, 5.74) is 0.891. The van der Waals surface area contributed by atoms with Gasteiger partial charge in [0.15, 0.2) is 0 Å². The Kier molecular flexibility index (Phi) is 1.81. The van der Waals surface area contributed by atoms with E-state index in [0.717, 1.165) is 10.9 Å². The minimum Gasteiger partial charge on any atom is -0.360 e. The van der Waals surface area contributed by atoms with Crippen LogP contribution in [0.25, 0.3) is 10.9 Å². The first-order chi connectivity index (χ1) is 5.83. The van der Waals surface area contributed by atoms with E-state index in [0.29, 0.717) is 4.90 Å². The third kappa shape index (κ3) is 1.01. The first-order valence-corrected chi connectivity index (χ1v) is 4.85. The zero-order valence-corrected chi connectivity index (χ0v) is 7.41. The molecule has 3 heteroatoms. The summed E-state index contributed by atoms with van der Waals surface area (Å²) in [4.78, 5) is 3.71. The zero-order chi connectivity index (χ0) is 8.55. The highest BCUT2D eigenvalue weighted by Gasteiger charge is 2.05. The predicted octanol–water partition coefficient (Wildman–Crippen LogP) is 3.03. The van der Waals surface area contributed by atoms with E-state index in [-0.39, 0.29) is 5.82 Å². The molecule has 0 saturated heterocycles. The summed E-state index contributed by atoms with van der Waals surface area (Å²) < 4.78 is 13.2. The van der Waals surface area contributed by atoms with Gasteiger partial charge in [-0.05, 0) is 24.5 Å². The van der Waals surface area contributed by atoms with E-state index in [2.05, 4.69) is 4.98 Å². The van der Waals surface area contributed by atoms with E-state index in [1.165, 1.54) is 17.8 Å². The van der Waals surface area contributed by atoms with Crippen molar-refractivity contribution >= 4 is 22.7 Å². The van der Waals surface area contributed by atoms with Crippen molar-refractivity contribution in [3.05, 3.63) is 30.2 Å². The van der Waals surface area contributed by atoms with E-state index in [1.807, 2.05) is 18.5 Å². The van der Waals surface area contributed by atoms with Gasteiger partial charge in [0.25, 0.3) is 0 Å². The largest absolute Gasteiger partial charge is 0.360 e. The minimum absolute atomic E-state index is 0.155. The molecule has 0 spiro atoms. The fraction of sp³-hybridized carbons (Fsp3) is 0.111. The second-order valence-corrected chi connectivity index (χ2v) is 3.34. The van der Waals surface area contributed by atoms with E-state index in [9.17, 15) is 4.39 Å². The Bertz CT molecular complexity index is 408. The van der Waals surface area contributed by atoms with Gasteiger partial charge in [-0.1, -0.05) is 0 Å². The van der Waals surface area contributed by atoms with Gasteiger partial charge < -0.3 is 4.98 Å². The third-order valence-corrected chi connectivity index (χ3v) is 2.64. The molecule has 0 aliphatic heterocycles. The van der Waals surface area contributed by atoms with Crippen LogP contribution in [0.4, 0.5) is 4.39 Å². The number of thioether (sulfide) groups is 1. The van der Waals surface area contributed by atoms with Crippen molar-refractivity contribution in [2.24, 2.45) is 0 Å². The lowest BCUT2D eigenvalue weighted by Crippen LogP contribution is -1.81. The Balaban J connectivity index is 2.83. The van der Waals surface area contributed by atoms with Gasteiger partial charge in [-0.3, -0.25) is 0 Å². The lowest BCUT2D eigenvalue weighted by molar-refractivity contribution is 0.605. The van der Waals surface area contributed by atoms with Crippen LogP contribution < -0.4 is 0 Å². The molecular formula is C9H8FNS. The molecule has 2 rings (SSSR count). The number of nitrogens with one attached hydrogen (secondary N) is 1. The van der Waals surface area contributed by atoms with Crippen LogP contribution in [0, 0.1) is 5.82 Å². The first kappa shape index (κ1) is 7.68. The zero-order valence-electron chi connectivity index (χ0n) is 6.60. The molecule has 0 amide bonds. The van der Waals surface area contributed by atoms with E-state index in [4.69, 9.17) is 0 Å². The molecule has 1 heterocycles. The van der Waals surface area contributed by atoms with Crippen molar-refractivity contribution in [2.45, 2.75) is 4.90 Å². The molecule has 0 unspecified atom stereocenters. The van der Waals surface area contributed by atoms with Crippen molar-refractivity contribution in [1.29, 1.82) is 0 Å². The van der Waals surface area contributed by atoms with Crippen molar-refractivity contribution in [3.8, 4) is 0 Å². The Morgan fingerprint density at radius 2 is 2.17 bits per heavy atom. The maximum absolute atomic E-state index is 13.2. The molecule has 0 radical (unpaired) electrons. The molecule has 0 aliphatic rings. The van der Waals surface area contributed by atoms with E-state index < -0.39 is 0 Å². The van der Waals surface area contributed by atoms with Gasteiger partial charge in [-0.15, -0.1) is 11.8 Å². The van der Waals surface area contributed by atoms with E-state index >= 15 is 0 Å². The fourth-order valence-corrected chi connectivity index (χ4v) is 1.92. The van der Waals surface area contributed by atoms with Crippen LogP contribution >= 0.6 is 11.8 Å². The molecule has 1 aromatic heterocycles. The predicted molar refractivity (Wildman–Crippen MR) is 50.0 cm³/mol. The topological polar surface area (TPSA) is 15.8 Å². The van der Waals surface area contributed by atoms with Gasteiger partial charge in [0, 0.05) is 11.6 Å². The average molecular weight is 181 g/mol. The number of rotatable bonds is 1. The lowest BCUT2D eigenvalue weighted by Gasteiger charge is -1.99. The Labute approximate surface area is 74.0 Å². The van der Waals surface area contributed by atoms with Gasteiger partial charge in [0.05, 0.1) is 10.4 Å². The van der Waals surface area contributed by atoms with Crippen LogP contribution in [0.3, 0.4) is 0 Å². The van der Waals surface area contributed by atoms with Crippen LogP contribution in [-0.4, -0.2) is 11.2 Å². The smallest absolute Gasteiger partial charge is 0.138 e. The summed E-state index contributed by atoms with van der Waals surface area (Å²) in [5.74, 6) is -0.155. The van der Waals surface area contributed by atoms with Crippen LogP contribution in [0.5, 0.6) is 0 Å². The van der Waals surface area contributed by atoms with Crippen molar-refractivity contribution in [3.63, 3.8) is 0 Å². The maximum Gasteiger partial charge on any atom is 0.138 e. The van der Waals surface area contributed by atoms with Gasteiger partial charge in [0.2, 0.25) is 0 Å². The van der Waals surface area contributed by atoms with Crippen LogP contribution in [0.15, 0.2) is 29.3 Å². The van der Waals surface area contributed by atoms with Crippen LogP contribution in [-0.2, 0) is 0 Å². The average Bonchev–Trinajstić information content (AvgIpc) is 2.52. The number of hydrogen-bond acceptors (Lipinski definition) is 1. The summed E-state index contributed by atoms with van der Waals surface area (Å²) in [6.07, 6.45) is 3.70. The number of aromatic amines is 1. The molecule has 0 fully saturated rings. The number of H-pyrrole nitrogens is 1. The molecule has 0 aliphatic carbocycles. The van der Waals surface area contributed by atoms with Crippen molar-refractivity contribution in [2.75, 3.05) is 6.26 Å². The highest BCUT2D eigenvalue weighted by Crippen LogP contribution is 2.27. The molecule has 12 heavy (non-hydrogen) atoms. The molecule has 0 saturated carbocycles. The highest BCUT2D eigenvalue weighted by molar-refractivity contribution is 7.98. The fourth-order valence-electron chi connectivity index (χ4n) is 1.27. The molecule has 1 aromatic carbocycles. The first-order valence-electron chi connectivity index (χ1n) is 3.62. The summed E-state index contributed by atoms with van der Waals surface area (Å²) in [5, 5.41) is 1.06. The Morgan fingerprint density at radius 3 is 2.92 bits per heavy atom. The second-order valence-electron chi connectivity index (χ2n) is 2.52. The van der Waals surface area contributed by atoms with Crippen LogP contribution in [0.1, 0.15) is 0 Å². The summed E-state index contributed by atoms with van der Waals surface area (Å²) in [7, 11) is 0. The number of halogens is 1. The Hall–Kier alpha value is -0.960. The van der Waals surface area contributed by atoms with Gasteiger partial charge in [-0.2, -0.15) is 0 Å². The molecule has 2 aromatic rings.